The Labute approximate surface area is 169 Å². The molecule has 3 aromatic rings. The van der Waals surface area contributed by atoms with E-state index in [4.69, 9.17) is 0 Å². The van der Waals surface area contributed by atoms with E-state index >= 15 is 0 Å². The Hall–Kier alpha value is -1.64. The van der Waals surface area contributed by atoms with Gasteiger partial charge in [-0.15, -0.1) is 21.5 Å². The van der Waals surface area contributed by atoms with Crippen molar-refractivity contribution in [1.29, 1.82) is 0 Å². The van der Waals surface area contributed by atoms with Crippen LogP contribution in [0.4, 0.5) is 5.69 Å². The number of rotatable bonds is 7. The Kier molecular flexibility index (Phi) is 6.50. The van der Waals surface area contributed by atoms with Crippen molar-refractivity contribution in [3.05, 3.63) is 57.0 Å². The van der Waals surface area contributed by atoms with E-state index in [2.05, 4.69) is 49.0 Å². The summed E-state index contributed by atoms with van der Waals surface area (Å²) in [6.45, 7) is 4.69. The predicted octanol–water partition coefficient (Wildman–Crippen LogP) is 4.77. The van der Waals surface area contributed by atoms with Crippen LogP contribution < -0.4 is 5.32 Å². The zero-order valence-corrected chi connectivity index (χ0v) is 17.7. The number of hydrogen-bond donors (Lipinski definition) is 1. The van der Waals surface area contributed by atoms with Gasteiger partial charge in [0.2, 0.25) is 5.91 Å². The second kappa shape index (κ2) is 8.83. The minimum atomic E-state index is -0.284. The fraction of sp³-hybridized carbons (Fsp3) is 0.278. The molecular formula is C18H19BrN4OS2. The largest absolute Gasteiger partial charge is 0.324 e. The van der Waals surface area contributed by atoms with Crippen molar-refractivity contribution in [3.63, 3.8) is 0 Å². The molecule has 3 rings (SSSR count). The van der Waals surface area contributed by atoms with Gasteiger partial charge in [-0.1, -0.05) is 23.9 Å². The summed E-state index contributed by atoms with van der Waals surface area (Å²) in [5, 5.41) is 13.7. The van der Waals surface area contributed by atoms with Crippen LogP contribution in [0.25, 0.3) is 0 Å². The van der Waals surface area contributed by atoms with Crippen molar-refractivity contribution in [2.24, 2.45) is 0 Å². The number of nitrogens with zero attached hydrogens (tertiary/aromatic N) is 3. The Morgan fingerprint density at radius 1 is 1.42 bits per heavy atom. The molecule has 0 aliphatic rings. The second-order valence-electron chi connectivity index (χ2n) is 5.87. The van der Waals surface area contributed by atoms with E-state index in [1.807, 2.05) is 36.6 Å². The van der Waals surface area contributed by atoms with Crippen molar-refractivity contribution in [1.82, 2.24) is 14.8 Å². The average molecular weight is 451 g/mol. The number of hydrogen-bond acceptors (Lipinski definition) is 5. The van der Waals surface area contributed by atoms with Crippen molar-refractivity contribution in [2.75, 3.05) is 5.32 Å². The van der Waals surface area contributed by atoms with E-state index in [9.17, 15) is 4.79 Å². The summed E-state index contributed by atoms with van der Waals surface area (Å²) in [7, 11) is 0. The summed E-state index contributed by atoms with van der Waals surface area (Å²) >= 11 is 6.65. The predicted molar refractivity (Wildman–Crippen MR) is 111 cm³/mol. The van der Waals surface area contributed by atoms with Gasteiger partial charge in [-0.3, -0.25) is 4.79 Å². The maximum absolute atomic E-state index is 12.5. The molecule has 2 aromatic heterocycles. The summed E-state index contributed by atoms with van der Waals surface area (Å²) in [4.78, 5) is 13.8. The number of carbonyl (C=O) groups is 1. The molecule has 1 unspecified atom stereocenters. The van der Waals surface area contributed by atoms with E-state index in [1.165, 1.54) is 16.6 Å². The van der Waals surface area contributed by atoms with Gasteiger partial charge in [0.25, 0.3) is 0 Å². The van der Waals surface area contributed by atoms with Crippen LogP contribution in [0.3, 0.4) is 0 Å². The summed E-state index contributed by atoms with van der Waals surface area (Å²) in [6, 6.07) is 10.0. The Morgan fingerprint density at radius 3 is 3.00 bits per heavy atom. The maximum atomic E-state index is 12.5. The molecule has 0 radical (unpaired) electrons. The molecule has 0 aliphatic heterocycles. The maximum Gasteiger partial charge on any atom is 0.237 e. The number of amides is 1. The lowest BCUT2D eigenvalue weighted by Gasteiger charge is -2.13. The van der Waals surface area contributed by atoms with E-state index in [0.29, 0.717) is 0 Å². The highest BCUT2D eigenvalue weighted by Crippen LogP contribution is 2.26. The van der Waals surface area contributed by atoms with Gasteiger partial charge < -0.3 is 9.88 Å². The van der Waals surface area contributed by atoms with Crippen LogP contribution in [0.1, 0.15) is 17.4 Å². The first-order valence-electron chi connectivity index (χ1n) is 8.17. The molecule has 1 N–H and O–H groups in total. The molecule has 1 atom stereocenters. The fourth-order valence-corrected chi connectivity index (χ4v) is 4.48. The minimum absolute atomic E-state index is 0.0626. The molecule has 0 saturated heterocycles. The number of thiophene rings is 1. The SMILES string of the molecule is Cc1ccc(NC(=O)C(C)Sc2nncn2CCc2cccs2)c(Br)c1. The second-order valence-corrected chi connectivity index (χ2v) is 9.06. The lowest BCUT2D eigenvalue weighted by molar-refractivity contribution is -0.115. The summed E-state index contributed by atoms with van der Waals surface area (Å²) in [5.41, 5.74) is 1.91. The number of carbonyl (C=O) groups excluding carboxylic acids is 1. The molecule has 0 fully saturated rings. The molecule has 8 heteroatoms. The Bertz CT molecular complexity index is 879. The number of nitrogens with one attached hydrogen (secondary N) is 1. The average Bonchev–Trinajstić information content (AvgIpc) is 3.27. The van der Waals surface area contributed by atoms with Crippen LogP contribution in [-0.2, 0) is 17.8 Å². The quantitative estimate of drug-likeness (QED) is 0.526. The number of aromatic nitrogens is 3. The van der Waals surface area contributed by atoms with Gasteiger partial charge in [-0.05, 0) is 65.3 Å². The Morgan fingerprint density at radius 2 is 2.27 bits per heavy atom. The fourth-order valence-electron chi connectivity index (χ4n) is 2.34. The third-order valence-electron chi connectivity index (χ3n) is 3.79. The monoisotopic (exact) mass is 450 g/mol. The molecule has 1 amide bonds. The molecule has 136 valence electrons. The van der Waals surface area contributed by atoms with Crippen LogP contribution in [0, 0.1) is 6.92 Å². The van der Waals surface area contributed by atoms with Gasteiger partial charge in [-0.25, -0.2) is 0 Å². The van der Waals surface area contributed by atoms with Crippen molar-refractivity contribution < 1.29 is 4.79 Å². The molecule has 1 aromatic carbocycles. The van der Waals surface area contributed by atoms with E-state index < -0.39 is 0 Å². The molecule has 0 saturated carbocycles. The van der Waals surface area contributed by atoms with E-state index in [1.54, 1.807) is 17.7 Å². The third-order valence-corrected chi connectivity index (χ3v) is 6.48. The number of halogens is 1. The smallest absolute Gasteiger partial charge is 0.237 e. The summed E-state index contributed by atoms with van der Waals surface area (Å²) in [5.74, 6) is -0.0626. The first-order chi connectivity index (χ1) is 12.5. The van der Waals surface area contributed by atoms with E-state index in [-0.39, 0.29) is 11.2 Å². The number of aryl methyl sites for hydroxylation is 3. The standard InChI is InChI=1S/C18H19BrN4OS2/c1-12-5-6-16(15(19)10-12)21-17(24)13(2)26-18-22-20-11-23(18)8-7-14-4-3-9-25-14/h3-6,9-11,13H,7-8H2,1-2H3,(H,21,24). The van der Waals surface area contributed by atoms with Crippen LogP contribution in [-0.4, -0.2) is 25.9 Å². The van der Waals surface area contributed by atoms with Gasteiger partial charge in [0, 0.05) is 15.9 Å². The zero-order chi connectivity index (χ0) is 18.5. The molecule has 5 nitrogen and oxygen atoms in total. The number of benzene rings is 1. The number of thioether (sulfide) groups is 1. The number of anilines is 1. The molecule has 2 heterocycles. The highest BCUT2D eigenvalue weighted by atomic mass is 79.9. The van der Waals surface area contributed by atoms with Crippen LogP contribution >= 0.6 is 39.0 Å². The molecule has 0 spiro atoms. The summed E-state index contributed by atoms with van der Waals surface area (Å²) in [6.07, 6.45) is 2.65. The highest BCUT2D eigenvalue weighted by molar-refractivity contribution is 9.10. The lowest BCUT2D eigenvalue weighted by atomic mass is 10.2. The van der Waals surface area contributed by atoms with Crippen molar-refractivity contribution in [2.45, 2.75) is 37.2 Å². The first kappa shape index (κ1) is 19.1. The topological polar surface area (TPSA) is 59.8 Å². The minimum Gasteiger partial charge on any atom is -0.324 e. The van der Waals surface area contributed by atoms with Gasteiger partial charge in [0.15, 0.2) is 5.16 Å². The van der Waals surface area contributed by atoms with Gasteiger partial charge in [-0.2, -0.15) is 0 Å². The first-order valence-corrected chi connectivity index (χ1v) is 10.7. The lowest BCUT2D eigenvalue weighted by Crippen LogP contribution is -2.23. The normalized spacial score (nSPS) is 12.1. The highest BCUT2D eigenvalue weighted by Gasteiger charge is 2.19. The van der Waals surface area contributed by atoms with Gasteiger partial charge in [0.1, 0.15) is 6.33 Å². The molecule has 0 bridgehead atoms. The Balaban J connectivity index is 1.59. The van der Waals surface area contributed by atoms with Crippen molar-refractivity contribution >= 4 is 50.6 Å². The van der Waals surface area contributed by atoms with Crippen LogP contribution in [0.15, 0.2) is 51.7 Å². The summed E-state index contributed by atoms with van der Waals surface area (Å²) < 4.78 is 2.87. The molecule has 26 heavy (non-hydrogen) atoms. The van der Waals surface area contributed by atoms with Crippen LogP contribution in [0.5, 0.6) is 0 Å². The van der Waals surface area contributed by atoms with Crippen LogP contribution in [0.2, 0.25) is 0 Å². The van der Waals surface area contributed by atoms with E-state index in [0.717, 1.165) is 33.8 Å². The zero-order valence-electron chi connectivity index (χ0n) is 14.5. The van der Waals surface area contributed by atoms with Gasteiger partial charge in [0.05, 0.1) is 10.9 Å². The molecular weight excluding hydrogens is 432 g/mol. The molecule has 0 aliphatic carbocycles. The van der Waals surface area contributed by atoms with Crippen molar-refractivity contribution in [3.8, 4) is 0 Å². The third kappa shape index (κ3) is 4.96. The van der Waals surface area contributed by atoms with Gasteiger partial charge >= 0.3 is 0 Å².